The number of esters is 1. The second kappa shape index (κ2) is 5.03. The molecule has 5 nitrogen and oxygen atoms in total. The molecule has 0 aromatic carbocycles. The first kappa shape index (κ1) is 11.9. The molecule has 1 atom stereocenters. The summed E-state index contributed by atoms with van der Waals surface area (Å²) in [5, 5.41) is 8.86. The Morgan fingerprint density at radius 2 is 2.19 bits per heavy atom. The molecule has 0 saturated heterocycles. The average Bonchev–Trinajstić information content (AvgIpc) is 2.20. The van der Waals surface area contributed by atoms with Crippen LogP contribution in [-0.2, 0) is 9.59 Å². The highest BCUT2D eigenvalue weighted by molar-refractivity contribution is 5.86. The number of rotatable bonds is 3. The van der Waals surface area contributed by atoms with Gasteiger partial charge in [0.1, 0.15) is 5.69 Å². The van der Waals surface area contributed by atoms with Crippen molar-refractivity contribution < 1.29 is 14.3 Å². The van der Waals surface area contributed by atoms with E-state index in [4.69, 9.17) is 10.00 Å². The number of hydrogen-bond donors (Lipinski definition) is 0. The zero-order valence-corrected chi connectivity index (χ0v) is 8.93. The topological polar surface area (TPSA) is 80.0 Å². The molecule has 0 unspecified atom stereocenters. The highest BCUT2D eigenvalue weighted by Crippen LogP contribution is 2.24. The molecule has 0 radical (unpaired) electrons. The Kier molecular flexibility index (Phi) is 3.72. The molecule has 0 aliphatic carbocycles. The highest BCUT2D eigenvalue weighted by Gasteiger charge is 2.22. The largest absolute Gasteiger partial charge is 0.425 e. The van der Waals surface area contributed by atoms with Gasteiger partial charge < -0.3 is 4.74 Å². The van der Waals surface area contributed by atoms with Gasteiger partial charge in [0.15, 0.2) is 17.5 Å². The van der Waals surface area contributed by atoms with Gasteiger partial charge >= 0.3 is 5.97 Å². The van der Waals surface area contributed by atoms with Crippen molar-refractivity contribution in [1.29, 1.82) is 5.26 Å². The van der Waals surface area contributed by atoms with Crippen molar-refractivity contribution in [2.75, 3.05) is 0 Å². The third-order valence-electron chi connectivity index (χ3n) is 1.86. The van der Waals surface area contributed by atoms with Crippen LogP contribution in [0.5, 0.6) is 5.75 Å². The fraction of sp³-hybridized carbons (Fsp3) is 0.273. The number of carbonyl (C=O) groups is 2. The Labute approximate surface area is 92.7 Å². The molecule has 0 fully saturated rings. The number of pyridine rings is 1. The van der Waals surface area contributed by atoms with Gasteiger partial charge in [-0.2, -0.15) is 5.26 Å². The van der Waals surface area contributed by atoms with Gasteiger partial charge in [-0.25, -0.2) is 0 Å². The molecule has 0 spiro atoms. The smallest absolute Gasteiger partial charge is 0.308 e. The molecule has 0 aliphatic rings. The summed E-state index contributed by atoms with van der Waals surface area (Å²) >= 11 is 0. The Balaban J connectivity index is 3.17. The van der Waals surface area contributed by atoms with E-state index in [0.717, 1.165) is 0 Å². The maximum Gasteiger partial charge on any atom is 0.308 e. The molecule has 5 heteroatoms. The summed E-state index contributed by atoms with van der Waals surface area (Å²) in [6, 6.07) is 4.89. The van der Waals surface area contributed by atoms with E-state index in [9.17, 15) is 9.59 Å². The summed E-state index contributed by atoms with van der Waals surface area (Å²) in [5.41, 5.74) is 0.174. The van der Waals surface area contributed by atoms with E-state index in [1.54, 1.807) is 6.07 Å². The molecular formula is C11H10N2O3. The van der Waals surface area contributed by atoms with Crippen LogP contribution in [0, 0.1) is 11.3 Å². The number of Topliss-reactive ketones (excluding diaryl/α,β-unsaturated/α-hetero) is 1. The Morgan fingerprint density at radius 3 is 2.69 bits per heavy atom. The predicted octanol–water partition coefficient (Wildman–Crippen LogP) is 1.20. The first-order valence-electron chi connectivity index (χ1n) is 4.59. The maximum absolute atomic E-state index is 11.2. The van der Waals surface area contributed by atoms with E-state index in [1.165, 1.54) is 26.1 Å². The minimum absolute atomic E-state index is 0.150. The van der Waals surface area contributed by atoms with Crippen LogP contribution < -0.4 is 4.74 Å². The summed E-state index contributed by atoms with van der Waals surface area (Å²) < 4.78 is 4.87. The second-order valence-electron chi connectivity index (χ2n) is 3.15. The van der Waals surface area contributed by atoms with E-state index in [-0.39, 0.29) is 17.2 Å². The van der Waals surface area contributed by atoms with Crippen LogP contribution in [0.15, 0.2) is 18.3 Å². The summed E-state index contributed by atoms with van der Waals surface area (Å²) in [6.07, 6.45) is 1.44. The van der Waals surface area contributed by atoms with E-state index in [1.807, 2.05) is 6.07 Å². The number of carbonyl (C=O) groups excluding carboxylic acids is 2. The van der Waals surface area contributed by atoms with Crippen molar-refractivity contribution in [1.82, 2.24) is 4.98 Å². The van der Waals surface area contributed by atoms with Crippen LogP contribution in [0.3, 0.4) is 0 Å². The van der Waals surface area contributed by atoms with Crippen molar-refractivity contribution in [3.05, 3.63) is 24.0 Å². The van der Waals surface area contributed by atoms with Gasteiger partial charge in [-0.3, -0.25) is 14.6 Å². The number of aromatic nitrogens is 1. The first-order valence-corrected chi connectivity index (χ1v) is 4.59. The number of ketones is 1. The van der Waals surface area contributed by atoms with Crippen LogP contribution in [0.4, 0.5) is 0 Å². The molecule has 1 aromatic heterocycles. The molecule has 16 heavy (non-hydrogen) atoms. The number of ether oxygens (including phenoxy) is 1. The molecule has 1 aromatic rings. The van der Waals surface area contributed by atoms with Gasteiger partial charge in [0.25, 0.3) is 0 Å². The molecule has 0 aliphatic heterocycles. The van der Waals surface area contributed by atoms with E-state index in [2.05, 4.69) is 4.98 Å². The van der Waals surface area contributed by atoms with E-state index < -0.39 is 11.9 Å². The van der Waals surface area contributed by atoms with Gasteiger partial charge in [0, 0.05) is 13.1 Å². The quantitative estimate of drug-likeness (QED) is 0.712. The summed E-state index contributed by atoms with van der Waals surface area (Å²) in [6.45, 7) is 2.53. The Hall–Kier alpha value is -2.22. The molecule has 0 saturated carbocycles. The van der Waals surface area contributed by atoms with Gasteiger partial charge in [0.05, 0.1) is 6.07 Å². The lowest BCUT2D eigenvalue weighted by Gasteiger charge is -2.09. The van der Waals surface area contributed by atoms with Crippen LogP contribution in [-0.4, -0.2) is 16.7 Å². The predicted molar refractivity (Wildman–Crippen MR) is 54.6 cm³/mol. The van der Waals surface area contributed by atoms with E-state index in [0.29, 0.717) is 0 Å². The minimum atomic E-state index is -1.00. The fourth-order valence-electron chi connectivity index (χ4n) is 1.21. The molecular weight excluding hydrogens is 208 g/mol. The van der Waals surface area contributed by atoms with Crippen LogP contribution >= 0.6 is 0 Å². The SMILES string of the molecule is CC(=O)Oc1cccnc1[C@@H](C#N)C(C)=O. The van der Waals surface area contributed by atoms with Crippen LogP contribution in [0.25, 0.3) is 0 Å². The average molecular weight is 218 g/mol. The second-order valence-corrected chi connectivity index (χ2v) is 3.15. The van der Waals surface area contributed by atoms with Gasteiger partial charge in [-0.1, -0.05) is 0 Å². The molecule has 0 amide bonds. The minimum Gasteiger partial charge on any atom is -0.425 e. The zero-order valence-electron chi connectivity index (χ0n) is 8.93. The Morgan fingerprint density at radius 1 is 1.50 bits per heavy atom. The van der Waals surface area contributed by atoms with Crippen molar-refractivity contribution in [2.24, 2.45) is 0 Å². The highest BCUT2D eigenvalue weighted by atomic mass is 16.5. The van der Waals surface area contributed by atoms with Crippen molar-refractivity contribution in [3.8, 4) is 11.8 Å². The zero-order chi connectivity index (χ0) is 12.1. The Bertz CT molecular complexity index is 463. The lowest BCUT2D eigenvalue weighted by molar-refractivity contribution is -0.132. The summed E-state index contributed by atoms with van der Waals surface area (Å²) in [7, 11) is 0. The number of nitrogens with zero attached hydrogens (tertiary/aromatic N) is 2. The molecule has 82 valence electrons. The lowest BCUT2D eigenvalue weighted by Crippen LogP contribution is -2.12. The van der Waals surface area contributed by atoms with Crippen molar-refractivity contribution in [3.63, 3.8) is 0 Å². The standard InChI is InChI=1S/C11H10N2O3/c1-7(14)9(6-12)11-10(16-8(2)15)4-3-5-13-11/h3-5,9H,1-2H3/t9-/m0/s1. The van der Waals surface area contributed by atoms with Crippen LogP contribution in [0.1, 0.15) is 25.5 Å². The van der Waals surface area contributed by atoms with Gasteiger partial charge in [0.2, 0.25) is 0 Å². The monoisotopic (exact) mass is 218 g/mol. The number of nitriles is 1. The summed E-state index contributed by atoms with van der Waals surface area (Å²) in [4.78, 5) is 25.9. The van der Waals surface area contributed by atoms with Gasteiger partial charge in [-0.15, -0.1) is 0 Å². The third-order valence-corrected chi connectivity index (χ3v) is 1.86. The third kappa shape index (κ3) is 2.64. The fourth-order valence-corrected chi connectivity index (χ4v) is 1.21. The maximum atomic E-state index is 11.2. The molecule has 1 rings (SSSR count). The first-order chi connectivity index (χ1) is 7.56. The van der Waals surface area contributed by atoms with E-state index >= 15 is 0 Å². The van der Waals surface area contributed by atoms with Crippen molar-refractivity contribution >= 4 is 11.8 Å². The molecule has 0 bridgehead atoms. The lowest BCUT2D eigenvalue weighted by atomic mass is 10.0. The molecule has 1 heterocycles. The molecule has 0 N–H and O–H groups in total. The van der Waals surface area contributed by atoms with Crippen molar-refractivity contribution in [2.45, 2.75) is 19.8 Å². The normalized spacial score (nSPS) is 11.3. The van der Waals surface area contributed by atoms with Gasteiger partial charge in [-0.05, 0) is 19.1 Å². The summed E-state index contributed by atoms with van der Waals surface area (Å²) in [5.74, 6) is -1.71. The number of hydrogen-bond acceptors (Lipinski definition) is 5. The van der Waals surface area contributed by atoms with Crippen LogP contribution in [0.2, 0.25) is 0 Å².